The van der Waals surface area contributed by atoms with Gasteiger partial charge in [0.2, 0.25) is 5.78 Å². The van der Waals surface area contributed by atoms with Crippen molar-refractivity contribution in [2.45, 2.75) is 19.8 Å². The molecule has 0 radical (unpaired) electrons. The van der Waals surface area contributed by atoms with E-state index in [1.807, 2.05) is 24.3 Å². The minimum Gasteiger partial charge on any atom is -0.442 e. The molecule has 2 aromatic rings. The molecule has 0 spiro atoms. The van der Waals surface area contributed by atoms with Crippen LogP contribution in [0, 0.1) is 0 Å². The maximum Gasteiger partial charge on any atom is 0.268 e. The highest BCUT2D eigenvalue weighted by molar-refractivity contribution is 6.05. The van der Waals surface area contributed by atoms with Crippen LogP contribution in [0.15, 0.2) is 41.1 Å². The van der Waals surface area contributed by atoms with E-state index < -0.39 is 0 Å². The van der Waals surface area contributed by atoms with Crippen LogP contribution in [0.4, 0.5) is 0 Å². The van der Waals surface area contributed by atoms with Crippen LogP contribution in [0.3, 0.4) is 0 Å². The number of oxazole rings is 1. The van der Waals surface area contributed by atoms with Crippen molar-refractivity contribution in [3.8, 4) is 0 Å². The molecule has 0 unspecified atom stereocenters. The molecule has 3 heteroatoms. The first-order valence-electron chi connectivity index (χ1n) is 5.22. The number of benzene rings is 1. The molecule has 0 amide bonds. The Morgan fingerprint density at radius 1 is 1.25 bits per heavy atom. The van der Waals surface area contributed by atoms with E-state index in [4.69, 9.17) is 4.42 Å². The lowest BCUT2D eigenvalue weighted by Gasteiger charge is -2.05. The summed E-state index contributed by atoms with van der Waals surface area (Å²) in [6.45, 7) is 4.23. The summed E-state index contributed by atoms with van der Waals surface area (Å²) in [5, 5.41) is 0. The van der Waals surface area contributed by atoms with Crippen molar-refractivity contribution in [1.29, 1.82) is 0 Å². The molecule has 0 atom stereocenters. The van der Waals surface area contributed by atoms with E-state index in [0.29, 0.717) is 11.5 Å². The Balaban J connectivity index is 2.25. The van der Waals surface area contributed by atoms with Gasteiger partial charge in [0, 0.05) is 5.56 Å². The predicted octanol–water partition coefficient (Wildman–Crippen LogP) is 3.03. The van der Waals surface area contributed by atoms with E-state index in [2.05, 4.69) is 18.8 Å². The second-order valence-electron chi connectivity index (χ2n) is 3.94. The largest absolute Gasteiger partial charge is 0.442 e. The molecule has 0 saturated heterocycles. The Bertz CT molecular complexity index is 469. The van der Waals surface area contributed by atoms with Gasteiger partial charge < -0.3 is 4.42 Å². The fraction of sp³-hybridized carbons (Fsp3) is 0.231. The van der Waals surface area contributed by atoms with Crippen molar-refractivity contribution in [3.63, 3.8) is 0 Å². The average molecular weight is 215 g/mol. The molecule has 1 aromatic heterocycles. The van der Waals surface area contributed by atoms with Gasteiger partial charge in [-0.05, 0) is 11.5 Å². The highest BCUT2D eigenvalue weighted by Gasteiger charge is 2.13. The van der Waals surface area contributed by atoms with E-state index in [-0.39, 0.29) is 11.7 Å². The molecule has 0 saturated carbocycles. The Kier molecular flexibility index (Phi) is 2.86. The number of hydrogen-bond donors (Lipinski definition) is 0. The monoisotopic (exact) mass is 215 g/mol. The minimum atomic E-state index is -0.180. The zero-order valence-corrected chi connectivity index (χ0v) is 9.31. The third-order valence-electron chi connectivity index (χ3n) is 2.47. The molecule has 3 nitrogen and oxygen atoms in total. The van der Waals surface area contributed by atoms with Crippen LogP contribution < -0.4 is 0 Å². The highest BCUT2D eigenvalue weighted by atomic mass is 16.3. The predicted molar refractivity (Wildman–Crippen MR) is 60.5 cm³/mol. The standard InChI is InChI=1S/C13H13NO2/c1-9(2)10-3-5-11(6-4-10)12(15)13-14-7-8-16-13/h3-9H,1-2H3. The number of aromatic nitrogens is 1. The molecule has 16 heavy (non-hydrogen) atoms. The third kappa shape index (κ3) is 2.03. The molecular weight excluding hydrogens is 202 g/mol. The molecule has 0 fully saturated rings. The molecule has 1 heterocycles. The van der Waals surface area contributed by atoms with Crippen LogP contribution >= 0.6 is 0 Å². The van der Waals surface area contributed by atoms with Crippen LogP contribution in [0.5, 0.6) is 0 Å². The van der Waals surface area contributed by atoms with Crippen LogP contribution in [0.2, 0.25) is 0 Å². The average Bonchev–Trinajstić information content (AvgIpc) is 2.81. The van der Waals surface area contributed by atoms with Crippen LogP contribution in [-0.2, 0) is 0 Å². The van der Waals surface area contributed by atoms with Gasteiger partial charge in [-0.3, -0.25) is 4.79 Å². The van der Waals surface area contributed by atoms with Gasteiger partial charge in [0.15, 0.2) is 0 Å². The summed E-state index contributed by atoms with van der Waals surface area (Å²) in [7, 11) is 0. The zero-order chi connectivity index (χ0) is 11.5. The van der Waals surface area contributed by atoms with Crippen molar-refractivity contribution in [2.24, 2.45) is 0 Å². The summed E-state index contributed by atoms with van der Waals surface area (Å²) < 4.78 is 4.97. The summed E-state index contributed by atoms with van der Waals surface area (Å²) in [5.74, 6) is 0.420. The van der Waals surface area contributed by atoms with Gasteiger partial charge in [-0.25, -0.2) is 4.98 Å². The van der Waals surface area contributed by atoms with Crippen molar-refractivity contribution in [3.05, 3.63) is 53.7 Å². The molecule has 0 aliphatic carbocycles. The molecule has 0 bridgehead atoms. The lowest BCUT2D eigenvalue weighted by atomic mass is 10.0. The first-order chi connectivity index (χ1) is 7.68. The van der Waals surface area contributed by atoms with Crippen LogP contribution in [-0.4, -0.2) is 10.8 Å². The smallest absolute Gasteiger partial charge is 0.268 e. The number of hydrogen-bond acceptors (Lipinski definition) is 3. The van der Waals surface area contributed by atoms with Gasteiger partial charge >= 0.3 is 0 Å². The van der Waals surface area contributed by atoms with Gasteiger partial charge in [-0.15, -0.1) is 0 Å². The van der Waals surface area contributed by atoms with E-state index >= 15 is 0 Å². The van der Waals surface area contributed by atoms with E-state index in [0.717, 1.165) is 0 Å². The van der Waals surface area contributed by atoms with E-state index in [9.17, 15) is 4.79 Å². The summed E-state index contributed by atoms with van der Waals surface area (Å²) in [4.78, 5) is 15.7. The molecule has 0 N–H and O–H groups in total. The second-order valence-corrected chi connectivity index (χ2v) is 3.94. The molecule has 82 valence electrons. The van der Waals surface area contributed by atoms with Gasteiger partial charge in [-0.2, -0.15) is 0 Å². The molecular formula is C13H13NO2. The van der Waals surface area contributed by atoms with Crippen molar-refractivity contribution < 1.29 is 9.21 Å². The molecule has 1 aromatic carbocycles. The highest BCUT2D eigenvalue weighted by Crippen LogP contribution is 2.16. The first-order valence-corrected chi connectivity index (χ1v) is 5.22. The quantitative estimate of drug-likeness (QED) is 0.739. The van der Waals surface area contributed by atoms with Gasteiger partial charge in [0.25, 0.3) is 5.89 Å². The first kappa shape index (κ1) is 10.6. The van der Waals surface area contributed by atoms with Gasteiger partial charge in [0.1, 0.15) is 6.26 Å². The number of nitrogens with zero attached hydrogens (tertiary/aromatic N) is 1. The molecule has 0 aliphatic heterocycles. The molecule has 0 aliphatic rings. The zero-order valence-electron chi connectivity index (χ0n) is 9.31. The van der Waals surface area contributed by atoms with Crippen LogP contribution in [0.1, 0.15) is 41.6 Å². The van der Waals surface area contributed by atoms with Crippen molar-refractivity contribution >= 4 is 5.78 Å². The lowest BCUT2D eigenvalue weighted by Crippen LogP contribution is -2.01. The SMILES string of the molecule is CC(C)c1ccc(C(=O)c2ncco2)cc1. The summed E-state index contributed by atoms with van der Waals surface area (Å²) in [6.07, 6.45) is 2.87. The minimum absolute atomic E-state index is 0.136. The second kappa shape index (κ2) is 4.31. The normalized spacial score (nSPS) is 10.7. The summed E-state index contributed by atoms with van der Waals surface area (Å²) in [5.41, 5.74) is 1.82. The Morgan fingerprint density at radius 3 is 2.44 bits per heavy atom. The Hall–Kier alpha value is -1.90. The lowest BCUT2D eigenvalue weighted by molar-refractivity contribution is 0.100. The number of carbonyl (C=O) groups excluding carboxylic acids is 1. The fourth-order valence-electron chi connectivity index (χ4n) is 1.48. The van der Waals surface area contributed by atoms with Gasteiger partial charge in [-0.1, -0.05) is 38.1 Å². The summed E-state index contributed by atoms with van der Waals surface area (Å²) in [6, 6.07) is 7.53. The van der Waals surface area contributed by atoms with E-state index in [1.165, 1.54) is 18.0 Å². The van der Waals surface area contributed by atoms with Crippen LogP contribution in [0.25, 0.3) is 0 Å². The topological polar surface area (TPSA) is 43.1 Å². The summed E-state index contributed by atoms with van der Waals surface area (Å²) >= 11 is 0. The molecule has 2 rings (SSSR count). The third-order valence-corrected chi connectivity index (χ3v) is 2.47. The van der Waals surface area contributed by atoms with Gasteiger partial charge in [0.05, 0.1) is 6.20 Å². The number of carbonyl (C=O) groups is 1. The maximum atomic E-state index is 11.8. The van der Waals surface area contributed by atoms with Crippen molar-refractivity contribution in [2.75, 3.05) is 0 Å². The van der Waals surface area contributed by atoms with E-state index in [1.54, 1.807) is 0 Å². The number of ketones is 1. The Labute approximate surface area is 94.1 Å². The maximum absolute atomic E-state index is 11.8. The Morgan fingerprint density at radius 2 is 1.94 bits per heavy atom. The van der Waals surface area contributed by atoms with Crippen molar-refractivity contribution in [1.82, 2.24) is 4.98 Å². The fourth-order valence-corrected chi connectivity index (χ4v) is 1.48. The number of rotatable bonds is 3.